The van der Waals surface area contributed by atoms with Gasteiger partial charge < -0.3 is 4.98 Å². The predicted molar refractivity (Wildman–Crippen MR) is 73.4 cm³/mol. The van der Waals surface area contributed by atoms with Crippen LogP contribution in [0.2, 0.25) is 0 Å². The SMILES string of the molecule is [N-]=[N+]=Nc1ccc2c([nH]c3ccccc32)c1N=[N+]=[N-]. The minimum atomic E-state index is 0.305. The molecule has 0 fully saturated rings. The minimum absolute atomic E-state index is 0.305. The average molecular weight is 249 g/mol. The molecular formula is C12H7N7. The van der Waals surface area contributed by atoms with Crippen LogP contribution in [0.25, 0.3) is 42.7 Å². The number of benzene rings is 2. The summed E-state index contributed by atoms with van der Waals surface area (Å²) in [5.74, 6) is 0. The number of rotatable bonds is 2. The smallest absolute Gasteiger partial charge is 0.0712 e. The van der Waals surface area contributed by atoms with Gasteiger partial charge in [0.1, 0.15) is 0 Å². The van der Waals surface area contributed by atoms with Gasteiger partial charge in [0.2, 0.25) is 0 Å². The van der Waals surface area contributed by atoms with Crippen LogP contribution in [-0.2, 0) is 0 Å². The highest BCUT2D eigenvalue weighted by Crippen LogP contribution is 2.38. The maximum Gasteiger partial charge on any atom is 0.0712 e. The molecule has 0 saturated carbocycles. The summed E-state index contributed by atoms with van der Waals surface area (Å²) in [5, 5.41) is 9.13. The topological polar surface area (TPSA) is 113 Å². The fourth-order valence-corrected chi connectivity index (χ4v) is 2.17. The van der Waals surface area contributed by atoms with E-state index in [1.54, 1.807) is 6.07 Å². The van der Waals surface area contributed by atoms with Crippen molar-refractivity contribution in [2.24, 2.45) is 10.2 Å². The zero-order valence-electron chi connectivity index (χ0n) is 9.65. The van der Waals surface area contributed by atoms with Crippen molar-refractivity contribution in [1.29, 1.82) is 0 Å². The Hall–Kier alpha value is -3.14. The lowest BCUT2D eigenvalue weighted by atomic mass is 10.1. The Balaban J connectivity index is 2.52. The molecule has 0 unspecified atom stereocenters. The highest BCUT2D eigenvalue weighted by molar-refractivity contribution is 6.12. The number of nitrogens with zero attached hydrogens (tertiary/aromatic N) is 6. The maximum atomic E-state index is 8.66. The van der Waals surface area contributed by atoms with Crippen LogP contribution in [-0.4, -0.2) is 4.98 Å². The molecule has 2 aromatic carbocycles. The summed E-state index contributed by atoms with van der Waals surface area (Å²) in [4.78, 5) is 8.71. The second kappa shape index (κ2) is 4.27. The van der Waals surface area contributed by atoms with Gasteiger partial charge in [-0.3, -0.25) is 0 Å². The van der Waals surface area contributed by atoms with Crippen LogP contribution in [0.15, 0.2) is 46.6 Å². The molecule has 0 aliphatic heterocycles. The van der Waals surface area contributed by atoms with Crippen LogP contribution >= 0.6 is 0 Å². The summed E-state index contributed by atoms with van der Waals surface area (Å²) in [6, 6.07) is 11.2. The molecule has 19 heavy (non-hydrogen) atoms. The number of hydrogen-bond acceptors (Lipinski definition) is 2. The summed E-state index contributed by atoms with van der Waals surface area (Å²) >= 11 is 0. The van der Waals surface area contributed by atoms with Gasteiger partial charge in [-0.1, -0.05) is 40.6 Å². The Morgan fingerprint density at radius 3 is 2.47 bits per heavy atom. The molecule has 1 heterocycles. The number of aromatic nitrogens is 1. The van der Waals surface area contributed by atoms with Crippen LogP contribution in [0, 0.1) is 0 Å². The molecule has 1 aromatic heterocycles. The number of aromatic amines is 1. The summed E-state index contributed by atoms with van der Waals surface area (Å²) < 4.78 is 0. The zero-order chi connectivity index (χ0) is 13.2. The molecule has 0 atom stereocenters. The Morgan fingerprint density at radius 2 is 1.68 bits per heavy atom. The molecule has 1 N–H and O–H groups in total. The van der Waals surface area contributed by atoms with Gasteiger partial charge in [0.05, 0.1) is 11.2 Å². The Morgan fingerprint density at radius 1 is 0.895 bits per heavy atom. The third-order valence-corrected chi connectivity index (χ3v) is 2.93. The van der Waals surface area contributed by atoms with Crippen molar-refractivity contribution in [3.05, 3.63) is 57.3 Å². The molecule has 0 aliphatic carbocycles. The van der Waals surface area contributed by atoms with Crippen LogP contribution in [0.3, 0.4) is 0 Å². The maximum absolute atomic E-state index is 8.66. The Kier molecular flexibility index (Phi) is 2.47. The fraction of sp³-hybridized carbons (Fsp3) is 0. The van der Waals surface area contributed by atoms with Crippen molar-refractivity contribution in [2.45, 2.75) is 0 Å². The summed E-state index contributed by atoms with van der Waals surface area (Å²) in [7, 11) is 0. The first-order valence-electron chi connectivity index (χ1n) is 5.49. The van der Waals surface area contributed by atoms with Crippen molar-refractivity contribution in [1.82, 2.24) is 4.98 Å². The third kappa shape index (κ3) is 1.63. The Labute approximate surface area is 106 Å². The quantitative estimate of drug-likeness (QED) is 0.365. The van der Waals surface area contributed by atoms with Gasteiger partial charge in [-0.2, -0.15) is 0 Å². The number of fused-ring (bicyclic) bond motifs is 3. The molecule has 0 amide bonds. The van der Waals surface area contributed by atoms with Crippen molar-refractivity contribution >= 4 is 33.2 Å². The van der Waals surface area contributed by atoms with Gasteiger partial charge in [-0.25, -0.2) is 0 Å². The lowest BCUT2D eigenvalue weighted by molar-refractivity contribution is 1.40. The molecular weight excluding hydrogens is 242 g/mol. The van der Waals surface area contributed by atoms with E-state index in [1.807, 2.05) is 30.3 Å². The minimum Gasteiger partial charge on any atom is -0.354 e. The lowest BCUT2D eigenvalue weighted by Gasteiger charge is -2.00. The van der Waals surface area contributed by atoms with Gasteiger partial charge in [-0.05, 0) is 17.1 Å². The van der Waals surface area contributed by atoms with Crippen LogP contribution in [0.5, 0.6) is 0 Å². The van der Waals surface area contributed by atoms with Crippen LogP contribution in [0.1, 0.15) is 0 Å². The van der Waals surface area contributed by atoms with Crippen molar-refractivity contribution in [2.75, 3.05) is 0 Å². The molecule has 0 bridgehead atoms. The van der Waals surface area contributed by atoms with Gasteiger partial charge in [-0.15, -0.1) is 0 Å². The highest BCUT2D eigenvalue weighted by atomic mass is 15.2. The molecule has 3 aromatic rings. The molecule has 7 heteroatoms. The molecule has 7 nitrogen and oxygen atoms in total. The summed E-state index contributed by atoms with van der Waals surface area (Å²) in [6.07, 6.45) is 0. The van der Waals surface area contributed by atoms with Gasteiger partial charge in [0, 0.05) is 31.8 Å². The van der Waals surface area contributed by atoms with E-state index in [-0.39, 0.29) is 0 Å². The zero-order valence-corrected chi connectivity index (χ0v) is 9.65. The van der Waals surface area contributed by atoms with E-state index >= 15 is 0 Å². The number of nitrogens with one attached hydrogen (secondary N) is 1. The van der Waals surface area contributed by atoms with Crippen LogP contribution in [0.4, 0.5) is 11.4 Å². The van der Waals surface area contributed by atoms with Crippen molar-refractivity contribution < 1.29 is 0 Å². The highest BCUT2D eigenvalue weighted by Gasteiger charge is 2.10. The van der Waals surface area contributed by atoms with E-state index in [0.29, 0.717) is 16.9 Å². The van der Waals surface area contributed by atoms with E-state index in [1.165, 1.54) is 0 Å². The van der Waals surface area contributed by atoms with Crippen LogP contribution < -0.4 is 0 Å². The van der Waals surface area contributed by atoms with Crippen molar-refractivity contribution in [3.8, 4) is 0 Å². The van der Waals surface area contributed by atoms with Gasteiger partial charge in [0.25, 0.3) is 0 Å². The summed E-state index contributed by atoms with van der Waals surface area (Å²) in [6.45, 7) is 0. The normalized spacial score (nSPS) is 10.1. The molecule has 0 radical (unpaired) electrons. The third-order valence-electron chi connectivity index (χ3n) is 2.93. The molecule has 0 aliphatic rings. The van der Waals surface area contributed by atoms with E-state index in [9.17, 15) is 0 Å². The molecule has 0 spiro atoms. The van der Waals surface area contributed by atoms with E-state index in [0.717, 1.165) is 16.3 Å². The monoisotopic (exact) mass is 249 g/mol. The number of para-hydroxylation sites is 1. The summed E-state index contributed by atoms with van der Waals surface area (Å²) in [5.41, 5.74) is 19.4. The average Bonchev–Trinajstić information content (AvgIpc) is 2.81. The molecule has 0 saturated heterocycles. The second-order valence-electron chi connectivity index (χ2n) is 3.91. The first-order chi connectivity index (χ1) is 9.35. The predicted octanol–water partition coefficient (Wildman–Crippen LogP) is 5.20. The fourth-order valence-electron chi connectivity index (χ4n) is 2.17. The lowest BCUT2D eigenvalue weighted by Crippen LogP contribution is -1.71. The van der Waals surface area contributed by atoms with E-state index in [4.69, 9.17) is 11.1 Å². The van der Waals surface area contributed by atoms with Crippen molar-refractivity contribution in [3.63, 3.8) is 0 Å². The number of hydrogen-bond donors (Lipinski definition) is 1. The van der Waals surface area contributed by atoms with E-state index < -0.39 is 0 Å². The number of azide groups is 2. The Bertz CT molecular complexity index is 880. The molecule has 3 rings (SSSR count). The second-order valence-corrected chi connectivity index (χ2v) is 3.91. The first kappa shape index (κ1) is 11.0. The van der Waals surface area contributed by atoms with E-state index in [2.05, 4.69) is 25.0 Å². The standard InChI is InChI=1S/C12H7N7/c13-18-16-10-6-5-8-7-3-1-2-4-9(7)15-11(8)12(10)17-19-14/h1-6,15H. The first-order valence-corrected chi connectivity index (χ1v) is 5.49. The number of H-pyrrole nitrogens is 1. The largest absolute Gasteiger partial charge is 0.354 e. The van der Waals surface area contributed by atoms with Gasteiger partial charge in [0.15, 0.2) is 0 Å². The van der Waals surface area contributed by atoms with Gasteiger partial charge >= 0.3 is 0 Å². The molecule has 90 valence electrons.